The Morgan fingerprint density at radius 3 is 3.06 bits per heavy atom. The number of aromatic nitrogens is 1. The van der Waals surface area contributed by atoms with E-state index >= 15 is 0 Å². The van der Waals surface area contributed by atoms with Gasteiger partial charge in [0.05, 0.1) is 12.1 Å². The van der Waals surface area contributed by atoms with Crippen LogP contribution in [0.3, 0.4) is 0 Å². The third-order valence-electron chi connectivity index (χ3n) is 2.65. The van der Waals surface area contributed by atoms with Crippen molar-refractivity contribution in [2.75, 3.05) is 19.0 Å². The van der Waals surface area contributed by atoms with Gasteiger partial charge in [0.15, 0.2) is 5.58 Å². The predicted octanol–water partition coefficient (Wildman–Crippen LogP) is 1.96. The van der Waals surface area contributed by atoms with Gasteiger partial charge in [0, 0.05) is 18.8 Å². The molecule has 0 radical (unpaired) electrons. The molecule has 0 bridgehead atoms. The molecule has 1 atom stereocenters. The molecule has 0 saturated carbocycles. The van der Waals surface area contributed by atoms with Crippen LogP contribution in [0.5, 0.6) is 0 Å². The summed E-state index contributed by atoms with van der Waals surface area (Å²) in [6, 6.07) is 5.78. The second-order valence-corrected chi connectivity index (χ2v) is 3.93. The fourth-order valence-electron chi connectivity index (χ4n) is 1.74. The van der Waals surface area contributed by atoms with Crippen LogP contribution in [0.1, 0.15) is 13.3 Å². The maximum absolute atomic E-state index is 11.0. The van der Waals surface area contributed by atoms with Crippen LogP contribution in [0.4, 0.5) is 5.69 Å². The molecule has 2 aromatic rings. The molecule has 2 rings (SSSR count). The molecule has 92 valence electrons. The Kier molecular flexibility index (Phi) is 3.49. The lowest BCUT2D eigenvalue weighted by molar-refractivity contribution is 0.184. The van der Waals surface area contributed by atoms with Gasteiger partial charge < -0.3 is 14.5 Å². The minimum Gasteiger partial charge on any atom is -0.408 e. The summed E-state index contributed by atoms with van der Waals surface area (Å²) in [7, 11) is 1.68. The molecule has 5 nitrogen and oxygen atoms in total. The molecule has 0 aliphatic carbocycles. The molecule has 0 aliphatic rings. The lowest BCUT2D eigenvalue weighted by Gasteiger charge is -2.17. The van der Waals surface area contributed by atoms with Crippen molar-refractivity contribution in [1.29, 1.82) is 0 Å². The van der Waals surface area contributed by atoms with E-state index in [1.807, 2.05) is 12.1 Å². The number of rotatable bonds is 5. The first-order valence-corrected chi connectivity index (χ1v) is 5.61. The van der Waals surface area contributed by atoms with Gasteiger partial charge in [-0.05, 0) is 24.6 Å². The summed E-state index contributed by atoms with van der Waals surface area (Å²) in [5.74, 6) is -0.430. The molecule has 17 heavy (non-hydrogen) atoms. The highest BCUT2D eigenvalue weighted by Crippen LogP contribution is 2.17. The zero-order valence-electron chi connectivity index (χ0n) is 9.95. The molecule has 2 N–H and O–H groups in total. The number of methoxy groups -OCH3 is 1. The van der Waals surface area contributed by atoms with Gasteiger partial charge in [-0.25, -0.2) is 4.79 Å². The Labute approximate surface area is 98.8 Å². The first kappa shape index (κ1) is 11.7. The van der Waals surface area contributed by atoms with Crippen molar-refractivity contribution in [2.45, 2.75) is 19.4 Å². The van der Waals surface area contributed by atoms with E-state index in [0.29, 0.717) is 17.7 Å². The normalized spacial score (nSPS) is 12.8. The number of hydrogen-bond acceptors (Lipinski definition) is 4. The monoisotopic (exact) mass is 236 g/mol. The van der Waals surface area contributed by atoms with Crippen LogP contribution in [0, 0.1) is 0 Å². The SMILES string of the molecule is CCC(COC)Nc1ccc2oc(=O)[nH]c2c1. The summed E-state index contributed by atoms with van der Waals surface area (Å²) >= 11 is 0. The highest BCUT2D eigenvalue weighted by atomic mass is 16.5. The minimum absolute atomic E-state index is 0.260. The average Bonchev–Trinajstić information content (AvgIpc) is 2.68. The third-order valence-corrected chi connectivity index (χ3v) is 2.65. The van der Waals surface area contributed by atoms with E-state index in [2.05, 4.69) is 17.2 Å². The highest BCUT2D eigenvalue weighted by Gasteiger charge is 2.07. The Bertz CT molecular complexity index is 544. The van der Waals surface area contributed by atoms with Crippen LogP contribution in [0.25, 0.3) is 11.1 Å². The molecule has 0 spiro atoms. The zero-order valence-corrected chi connectivity index (χ0v) is 9.95. The molecule has 0 amide bonds. The van der Waals surface area contributed by atoms with E-state index in [0.717, 1.165) is 12.1 Å². The van der Waals surface area contributed by atoms with Crippen molar-refractivity contribution in [3.05, 3.63) is 28.7 Å². The number of hydrogen-bond donors (Lipinski definition) is 2. The molecule has 0 saturated heterocycles. The molecular formula is C12H16N2O3. The summed E-state index contributed by atoms with van der Waals surface area (Å²) in [6.45, 7) is 2.74. The van der Waals surface area contributed by atoms with Gasteiger partial charge in [-0.2, -0.15) is 0 Å². The zero-order chi connectivity index (χ0) is 12.3. The van der Waals surface area contributed by atoms with E-state index in [1.54, 1.807) is 13.2 Å². The standard InChI is InChI=1S/C12H16N2O3/c1-3-8(7-16-2)13-9-4-5-11-10(6-9)14-12(15)17-11/h4-6,8,13H,3,7H2,1-2H3,(H,14,15). The Morgan fingerprint density at radius 2 is 2.35 bits per heavy atom. The number of aromatic amines is 1. The quantitative estimate of drug-likeness (QED) is 0.832. The van der Waals surface area contributed by atoms with E-state index in [4.69, 9.17) is 9.15 Å². The topological polar surface area (TPSA) is 67.3 Å². The second kappa shape index (κ2) is 5.05. The van der Waals surface area contributed by atoms with Gasteiger partial charge in [0.25, 0.3) is 0 Å². The van der Waals surface area contributed by atoms with Crippen LogP contribution in [-0.2, 0) is 4.74 Å². The molecule has 1 aromatic carbocycles. The van der Waals surface area contributed by atoms with Gasteiger partial charge in [0.2, 0.25) is 0 Å². The fourth-order valence-corrected chi connectivity index (χ4v) is 1.74. The van der Waals surface area contributed by atoms with Gasteiger partial charge in [-0.15, -0.1) is 0 Å². The molecular weight excluding hydrogens is 220 g/mol. The number of benzene rings is 1. The average molecular weight is 236 g/mol. The summed E-state index contributed by atoms with van der Waals surface area (Å²) in [5, 5.41) is 3.34. The van der Waals surface area contributed by atoms with Gasteiger partial charge >= 0.3 is 5.76 Å². The lowest BCUT2D eigenvalue weighted by Crippen LogP contribution is -2.23. The summed E-state index contributed by atoms with van der Waals surface area (Å²) < 4.78 is 10.1. The van der Waals surface area contributed by atoms with Crippen LogP contribution in [0.15, 0.2) is 27.4 Å². The van der Waals surface area contributed by atoms with Crippen LogP contribution >= 0.6 is 0 Å². The number of anilines is 1. The third kappa shape index (κ3) is 2.68. The van der Waals surface area contributed by atoms with Crippen molar-refractivity contribution in [3.8, 4) is 0 Å². The molecule has 0 aliphatic heterocycles. The maximum atomic E-state index is 11.0. The Hall–Kier alpha value is -1.75. The lowest BCUT2D eigenvalue weighted by atomic mass is 10.2. The Morgan fingerprint density at radius 1 is 1.53 bits per heavy atom. The van der Waals surface area contributed by atoms with E-state index in [9.17, 15) is 4.79 Å². The molecule has 0 fully saturated rings. The van der Waals surface area contributed by atoms with E-state index in [1.165, 1.54) is 0 Å². The number of H-pyrrole nitrogens is 1. The number of fused-ring (bicyclic) bond motifs is 1. The van der Waals surface area contributed by atoms with Gasteiger partial charge in [-0.3, -0.25) is 4.98 Å². The van der Waals surface area contributed by atoms with Crippen LogP contribution in [0.2, 0.25) is 0 Å². The first-order valence-electron chi connectivity index (χ1n) is 5.61. The van der Waals surface area contributed by atoms with Crippen molar-refractivity contribution >= 4 is 16.8 Å². The van der Waals surface area contributed by atoms with E-state index in [-0.39, 0.29) is 6.04 Å². The first-order chi connectivity index (χ1) is 8.22. The highest BCUT2D eigenvalue weighted by molar-refractivity contribution is 5.76. The van der Waals surface area contributed by atoms with Gasteiger partial charge in [-0.1, -0.05) is 6.92 Å². The van der Waals surface area contributed by atoms with Gasteiger partial charge in [0.1, 0.15) is 0 Å². The smallest absolute Gasteiger partial charge is 0.408 e. The largest absolute Gasteiger partial charge is 0.417 e. The predicted molar refractivity (Wildman–Crippen MR) is 66.4 cm³/mol. The molecule has 5 heteroatoms. The second-order valence-electron chi connectivity index (χ2n) is 3.93. The Balaban J connectivity index is 2.20. The fraction of sp³-hybridized carbons (Fsp3) is 0.417. The minimum atomic E-state index is -0.430. The molecule has 1 aromatic heterocycles. The summed E-state index contributed by atoms with van der Waals surface area (Å²) in [6.07, 6.45) is 0.966. The summed E-state index contributed by atoms with van der Waals surface area (Å²) in [4.78, 5) is 13.6. The van der Waals surface area contributed by atoms with Crippen molar-refractivity contribution in [2.24, 2.45) is 0 Å². The van der Waals surface area contributed by atoms with Crippen molar-refractivity contribution in [3.63, 3.8) is 0 Å². The maximum Gasteiger partial charge on any atom is 0.417 e. The number of oxazole rings is 1. The van der Waals surface area contributed by atoms with Crippen LogP contribution < -0.4 is 11.1 Å². The molecule has 1 unspecified atom stereocenters. The van der Waals surface area contributed by atoms with E-state index < -0.39 is 5.76 Å². The van der Waals surface area contributed by atoms with Crippen LogP contribution in [-0.4, -0.2) is 24.7 Å². The van der Waals surface area contributed by atoms with Crippen molar-refractivity contribution in [1.82, 2.24) is 4.98 Å². The summed E-state index contributed by atoms with van der Waals surface area (Å²) in [5.41, 5.74) is 2.21. The van der Waals surface area contributed by atoms with Crippen molar-refractivity contribution < 1.29 is 9.15 Å². The molecule has 1 heterocycles. The number of nitrogens with one attached hydrogen (secondary N) is 2. The number of ether oxygens (including phenoxy) is 1.